The zero-order chi connectivity index (χ0) is 12.2. The number of alkyl halides is 1. The molecule has 0 aliphatic rings. The van der Waals surface area contributed by atoms with Crippen LogP contribution in [0.25, 0.3) is 0 Å². The summed E-state index contributed by atoms with van der Waals surface area (Å²) < 4.78 is 25.7. The maximum atomic E-state index is 11.7. The second kappa shape index (κ2) is 5.55. The van der Waals surface area contributed by atoms with Crippen molar-refractivity contribution in [2.75, 3.05) is 6.54 Å². The third-order valence-corrected chi connectivity index (χ3v) is 3.73. The van der Waals surface area contributed by atoms with Crippen molar-refractivity contribution in [3.63, 3.8) is 0 Å². The first kappa shape index (κ1) is 13.3. The van der Waals surface area contributed by atoms with Gasteiger partial charge in [-0.05, 0) is 24.3 Å². The van der Waals surface area contributed by atoms with Crippen molar-refractivity contribution in [1.29, 1.82) is 0 Å². The zero-order valence-electron chi connectivity index (χ0n) is 8.15. The smallest absolute Gasteiger partial charge is 0.209 e. The van der Waals surface area contributed by atoms with Crippen molar-refractivity contribution in [2.45, 2.75) is 10.3 Å². The largest absolute Gasteiger partial charge is 0.240 e. The Kier molecular flexibility index (Phi) is 4.63. The van der Waals surface area contributed by atoms with Gasteiger partial charge in [0.1, 0.15) is 5.38 Å². The lowest BCUT2D eigenvalue weighted by Gasteiger charge is -2.07. The van der Waals surface area contributed by atoms with E-state index in [4.69, 9.17) is 29.6 Å². The van der Waals surface area contributed by atoms with E-state index >= 15 is 0 Å². The van der Waals surface area contributed by atoms with E-state index in [1.807, 2.05) is 0 Å². The van der Waals surface area contributed by atoms with Crippen LogP contribution in [-0.2, 0) is 10.0 Å². The highest BCUT2D eigenvalue weighted by atomic mass is 35.5. The first-order valence-corrected chi connectivity index (χ1v) is 6.61. The van der Waals surface area contributed by atoms with Crippen LogP contribution in [0.5, 0.6) is 0 Å². The summed E-state index contributed by atoms with van der Waals surface area (Å²) in [6.07, 6.45) is 5.03. The Morgan fingerprint density at radius 2 is 1.94 bits per heavy atom. The summed E-state index contributed by atoms with van der Waals surface area (Å²) in [6.45, 7) is -0.0109. The van der Waals surface area contributed by atoms with Gasteiger partial charge in [0.25, 0.3) is 0 Å². The lowest BCUT2D eigenvalue weighted by molar-refractivity contribution is 0.582. The second-order valence-electron chi connectivity index (χ2n) is 2.94. The third-order valence-electron chi connectivity index (χ3n) is 1.76. The average molecular weight is 278 g/mol. The number of rotatable bonds is 4. The van der Waals surface area contributed by atoms with E-state index in [2.05, 4.69) is 10.6 Å². The molecule has 0 radical (unpaired) electrons. The fourth-order valence-electron chi connectivity index (χ4n) is 0.939. The van der Waals surface area contributed by atoms with Gasteiger partial charge in [-0.25, -0.2) is 13.1 Å². The number of halogens is 2. The molecule has 1 rings (SSSR count). The highest BCUT2D eigenvalue weighted by Crippen LogP contribution is 2.13. The molecule has 0 saturated carbocycles. The number of hydrogen-bond donors (Lipinski definition) is 1. The lowest BCUT2D eigenvalue weighted by atomic mass is 10.4. The maximum Gasteiger partial charge on any atom is 0.240 e. The fraction of sp³-hybridized carbons (Fsp3) is 0.200. The summed E-state index contributed by atoms with van der Waals surface area (Å²) in [5.74, 6) is 2.22. The van der Waals surface area contributed by atoms with E-state index in [0.29, 0.717) is 5.02 Å². The minimum atomic E-state index is -3.57. The summed E-state index contributed by atoms with van der Waals surface area (Å²) in [4.78, 5) is 0.123. The molecule has 0 aromatic heterocycles. The number of nitrogens with one attached hydrogen (secondary N) is 1. The van der Waals surface area contributed by atoms with Gasteiger partial charge in [-0.15, -0.1) is 18.0 Å². The van der Waals surface area contributed by atoms with Gasteiger partial charge in [0.15, 0.2) is 0 Å². The van der Waals surface area contributed by atoms with Gasteiger partial charge in [0, 0.05) is 11.6 Å². The fourth-order valence-corrected chi connectivity index (χ4v) is 2.28. The summed E-state index contributed by atoms with van der Waals surface area (Å²) in [6, 6.07) is 5.80. The number of sulfonamides is 1. The van der Waals surface area contributed by atoms with E-state index in [0.717, 1.165) is 0 Å². The van der Waals surface area contributed by atoms with Crippen LogP contribution in [0.2, 0.25) is 5.02 Å². The van der Waals surface area contributed by atoms with E-state index in [1.165, 1.54) is 24.3 Å². The summed E-state index contributed by atoms with van der Waals surface area (Å²) in [5, 5.41) is -0.195. The minimum Gasteiger partial charge on any atom is -0.209 e. The van der Waals surface area contributed by atoms with Crippen molar-refractivity contribution in [3.8, 4) is 12.3 Å². The molecule has 1 aromatic carbocycles. The topological polar surface area (TPSA) is 46.2 Å². The third kappa shape index (κ3) is 3.69. The Morgan fingerprint density at radius 1 is 1.38 bits per heavy atom. The average Bonchev–Trinajstić information content (AvgIpc) is 2.26. The Balaban J connectivity index is 2.79. The maximum absolute atomic E-state index is 11.7. The standard InChI is InChI=1S/C10H9Cl2NO2S/c1-2-8(11)7-13-16(14,15)10-5-3-9(12)4-6-10/h1,3-6,8,13H,7H2. The van der Waals surface area contributed by atoms with E-state index in [9.17, 15) is 8.42 Å². The SMILES string of the molecule is C#CC(Cl)CNS(=O)(=O)c1ccc(Cl)cc1. The predicted molar refractivity (Wildman–Crippen MR) is 65.1 cm³/mol. The van der Waals surface area contributed by atoms with Gasteiger partial charge in [-0.1, -0.05) is 17.5 Å². The molecular weight excluding hydrogens is 269 g/mol. The first-order valence-electron chi connectivity index (χ1n) is 4.31. The van der Waals surface area contributed by atoms with Gasteiger partial charge in [0.05, 0.1) is 4.90 Å². The molecule has 1 atom stereocenters. The van der Waals surface area contributed by atoms with E-state index in [-0.39, 0.29) is 11.4 Å². The lowest BCUT2D eigenvalue weighted by Crippen LogP contribution is -2.29. The predicted octanol–water partition coefficient (Wildman–Crippen LogP) is 1.86. The van der Waals surface area contributed by atoms with Gasteiger partial charge < -0.3 is 0 Å². The van der Waals surface area contributed by atoms with Gasteiger partial charge in [-0.2, -0.15) is 0 Å². The summed E-state index contributed by atoms with van der Waals surface area (Å²) in [7, 11) is -3.57. The molecule has 1 aromatic rings. The van der Waals surface area contributed by atoms with Crippen LogP contribution < -0.4 is 4.72 Å². The van der Waals surface area contributed by atoms with Crippen LogP contribution in [0.15, 0.2) is 29.2 Å². The molecule has 1 unspecified atom stereocenters. The number of benzene rings is 1. The zero-order valence-corrected chi connectivity index (χ0v) is 10.5. The summed E-state index contributed by atoms with van der Waals surface area (Å²) in [5.41, 5.74) is 0. The van der Waals surface area contributed by atoms with Crippen molar-refractivity contribution >= 4 is 33.2 Å². The molecule has 0 bridgehead atoms. The van der Waals surface area contributed by atoms with E-state index in [1.54, 1.807) is 0 Å². The van der Waals surface area contributed by atoms with Crippen molar-refractivity contribution in [1.82, 2.24) is 4.72 Å². The summed E-state index contributed by atoms with van der Waals surface area (Å²) >= 11 is 11.2. The van der Waals surface area contributed by atoms with Crippen LogP contribution in [0.1, 0.15) is 0 Å². The van der Waals surface area contributed by atoms with Crippen LogP contribution in [-0.4, -0.2) is 20.3 Å². The second-order valence-corrected chi connectivity index (χ2v) is 5.67. The highest BCUT2D eigenvalue weighted by molar-refractivity contribution is 7.89. The molecule has 0 amide bonds. The molecule has 0 aliphatic carbocycles. The molecule has 6 heteroatoms. The molecule has 0 spiro atoms. The molecule has 0 saturated heterocycles. The van der Waals surface area contributed by atoms with Crippen LogP contribution in [0.4, 0.5) is 0 Å². The van der Waals surface area contributed by atoms with Crippen molar-refractivity contribution < 1.29 is 8.42 Å². The molecular formula is C10H9Cl2NO2S. The van der Waals surface area contributed by atoms with Crippen LogP contribution >= 0.6 is 23.2 Å². The first-order chi connectivity index (χ1) is 7.45. The minimum absolute atomic E-state index is 0.0109. The number of hydrogen-bond acceptors (Lipinski definition) is 2. The molecule has 0 aliphatic heterocycles. The van der Waals surface area contributed by atoms with Crippen molar-refractivity contribution in [3.05, 3.63) is 29.3 Å². The molecule has 0 fully saturated rings. The van der Waals surface area contributed by atoms with Crippen LogP contribution in [0.3, 0.4) is 0 Å². The van der Waals surface area contributed by atoms with Crippen LogP contribution in [0, 0.1) is 12.3 Å². The molecule has 1 N–H and O–H groups in total. The van der Waals surface area contributed by atoms with Gasteiger partial charge in [-0.3, -0.25) is 0 Å². The Labute approximate surface area is 105 Å². The molecule has 16 heavy (non-hydrogen) atoms. The molecule has 3 nitrogen and oxygen atoms in total. The van der Waals surface area contributed by atoms with Gasteiger partial charge in [0.2, 0.25) is 10.0 Å². The van der Waals surface area contributed by atoms with Gasteiger partial charge >= 0.3 is 0 Å². The Hall–Kier alpha value is -0.730. The number of terminal acetylenes is 1. The monoisotopic (exact) mass is 277 g/mol. The normalized spacial score (nSPS) is 13.1. The Bertz CT molecular complexity index is 491. The highest BCUT2D eigenvalue weighted by Gasteiger charge is 2.14. The van der Waals surface area contributed by atoms with E-state index < -0.39 is 15.4 Å². The molecule has 86 valence electrons. The quantitative estimate of drug-likeness (QED) is 0.675. The Morgan fingerprint density at radius 3 is 2.44 bits per heavy atom. The van der Waals surface area contributed by atoms with Crippen molar-refractivity contribution in [2.24, 2.45) is 0 Å². The molecule has 0 heterocycles.